The molecule has 1 aromatic heterocycles. The molecule has 9 heavy (non-hydrogen) atoms. The Bertz CT molecular complexity index is 206. The van der Waals surface area contributed by atoms with Crippen molar-refractivity contribution in [3.05, 3.63) is 0 Å². The Labute approximate surface area is 71.8 Å². The van der Waals surface area contributed by atoms with Crippen LogP contribution < -0.4 is 19.4 Å². The Kier molecular flexibility index (Phi) is 2.27. The van der Waals surface area contributed by atoms with Crippen LogP contribution in [0.5, 0.6) is 0 Å². The predicted molar refractivity (Wildman–Crippen MR) is 45.9 cm³/mol. The van der Waals surface area contributed by atoms with Gasteiger partial charge in [0.1, 0.15) is 0 Å². The third-order valence-corrected chi connectivity index (χ3v) is 4.95. The minimum absolute atomic E-state index is 1.05. The van der Waals surface area contributed by atoms with Crippen molar-refractivity contribution < 1.29 is 0 Å². The van der Waals surface area contributed by atoms with Crippen LogP contribution in [-0.2, 0) is 0 Å². The summed E-state index contributed by atoms with van der Waals surface area (Å²) in [5, 5.41) is 2.11. The van der Waals surface area contributed by atoms with Crippen molar-refractivity contribution in [1.29, 1.82) is 0 Å². The molecular weight excluding hydrogens is 192 g/mol. The summed E-state index contributed by atoms with van der Waals surface area (Å²) in [4.78, 5) is 0. The molecule has 5 heteroatoms. The van der Waals surface area contributed by atoms with Crippen molar-refractivity contribution in [2.45, 2.75) is 0 Å². The van der Waals surface area contributed by atoms with E-state index in [1.165, 1.54) is 0 Å². The van der Waals surface area contributed by atoms with Gasteiger partial charge in [0.25, 0.3) is 0 Å². The zero-order chi connectivity index (χ0) is 7.02. The first-order valence-electron chi connectivity index (χ1n) is 2.16. The molecule has 0 spiro atoms. The first-order valence-corrected chi connectivity index (χ1v) is 4.97. The molecule has 1 rings (SSSR count). The van der Waals surface area contributed by atoms with E-state index in [1.54, 1.807) is 11.3 Å². The maximum atomic E-state index is 3.43. The summed E-state index contributed by atoms with van der Waals surface area (Å²) in [5.41, 5.74) is 0. The normalized spacial score (nSPS) is 10.2. The number of thiophene rings is 1. The molecule has 0 atom stereocenters. The largest absolute Gasteiger partial charge is 0.157 e. The zero-order valence-electron chi connectivity index (χ0n) is 4.41. The highest BCUT2D eigenvalue weighted by Gasteiger charge is 2.02. The molecule has 38 valence electrons. The van der Waals surface area contributed by atoms with Gasteiger partial charge in [-0.2, -0.15) is 11.3 Å². The Morgan fingerprint density at radius 2 is 1.11 bits per heavy atom. The van der Waals surface area contributed by atoms with Crippen LogP contribution in [-0.4, -0.2) is 41.0 Å². The molecule has 0 amide bonds. The second-order valence-corrected chi connectivity index (χ2v) is 5.26. The third-order valence-electron chi connectivity index (χ3n) is 0.908. The Morgan fingerprint density at radius 3 is 1.22 bits per heavy atom. The lowest BCUT2D eigenvalue weighted by Crippen LogP contribution is -2.37. The minimum atomic E-state index is 1.05. The van der Waals surface area contributed by atoms with Crippen molar-refractivity contribution in [3.63, 3.8) is 0 Å². The van der Waals surface area contributed by atoms with Gasteiger partial charge >= 0.3 is 0 Å². The summed E-state index contributed by atoms with van der Waals surface area (Å²) in [5.74, 6) is 0. The van der Waals surface area contributed by atoms with Crippen LogP contribution in [0.15, 0.2) is 0 Å². The van der Waals surface area contributed by atoms with Gasteiger partial charge in [-0.25, -0.2) is 0 Å². The molecule has 0 aliphatic carbocycles. The molecule has 0 aliphatic heterocycles. The van der Waals surface area contributed by atoms with Crippen LogP contribution in [0.25, 0.3) is 0 Å². The topological polar surface area (TPSA) is 0 Å². The van der Waals surface area contributed by atoms with E-state index >= 15 is 0 Å². The molecule has 0 nitrogen and oxygen atoms in total. The van der Waals surface area contributed by atoms with E-state index in [9.17, 15) is 0 Å². The lowest BCUT2D eigenvalue weighted by molar-refractivity contribution is 2.42. The van der Waals surface area contributed by atoms with E-state index < -0.39 is 0 Å². The van der Waals surface area contributed by atoms with Gasteiger partial charge in [-0.3, -0.25) is 0 Å². The molecule has 0 N–H and O–H groups in total. The first kappa shape index (κ1) is 7.67. The van der Waals surface area contributed by atoms with E-state index in [0.29, 0.717) is 0 Å². The van der Waals surface area contributed by atoms with Crippen molar-refractivity contribution in [2.75, 3.05) is 0 Å². The first-order chi connectivity index (χ1) is 4.13. The highest BCUT2D eigenvalue weighted by Crippen LogP contribution is 1.76. The van der Waals surface area contributed by atoms with Crippen LogP contribution >= 0.6 is 11.3 Å². The third kappa shape index (κ3) is 1.35. The number of hydrogen-bond acceptors (Lipinski definition) is 1. The van der Waals surface area contributed by atoms with Gasteiger partial charge in [0.15, 0.2) is 0 Å². The summed E-state index contributed by atoms with van der Waals surface area (Å²) in [6, 6.07) is 0. The van der Waals surface area contributed by atoms with Crippen molar-refractivity contribution >= 4 is 71.7 Å². The average Bonchev–Trinajstić information content (AvgIpc) is 1.98. The highest BCUT2D eigenvalue weighted by molar-refractivity contribution is 7.29. The quantitative estimate of drug-likeness (QED) is 0.383. The number of rotatable bonds is 0. The molecular formula is C4SSi4. The fraction of sp³-hybridized carbons (Fsp3) is 0. The summed E-state index contributed by atoms with van der Waals surface area (Å²) in [6.45, 7) is 0. The van der Waals surface area contributed by atoms with E-state index in [-0.39, 0.29) is 0 Å². The Hall–Kier alpha value is 0.568. The fourth-order valence-corrected chi connectivity index (χ4v) is 3.20. The predicted octanol–water partition coefficient (Wildman–Crippen LogP) is -3.08. The average molecular weight is 192 g/mol. The van der Waals surface area contributed by atoms with Crippen molar-refractivity contribution in [3.8, 4) is 0 Å². The molecule has 1 aromatic rings. The van der Waals surface area contributed by atoms with Crippen LogP contribution in [0.3, 0.4) is 0 Å². The molecule has 0 aromatic carbocycles. The van der Waals surface area contributed by atoms with Crippen LogP contribution in [0.4, 0.5) is 0 Å². The van der Waals surface area contributed by atoms with Crippen LogP contribution in [0, 0.1) is 0 Å². The maximum absolute atomic E-state index is 3.43. The van der Waals surface area contributed by atoms with Gasteiger partial charge in [0.05, 0.1) is 41.0 Å². The standard InChI is InChI=1S/C4SSi4/c6-1-2(7)4(9)5-3(1)8. The maximum Gasteiger partial charge on any atom is 0.0862 e. The van der Waals surface area contributed by atoms with Gasteiger partial charge in [0.2, 0.25) is 0 Å². The molecule has 1 heterocycles. The highest BCUT2D eigenvalue weighted by atomic mass is 32.1. The summed E-state index contributed by atoms with van der Waals surface area (Å²) in [7, 11) is 13.7. The van der Waals surface area contributed by atoms with E-state index in [2.05, 4.69) is 41.0 Å². The molecule has 0 aliphatic rings. The molecule has 0 saturated carbocycles. The number of hydrogen-bond donors (Lipinski definition) is 0. The second kappa shape index (κ2) is 2.67. The van der Waals surface area contributed by atoms with E-state index in [0.717, 1.165) is 19.4 Å². The zero-order valence-corrected chi connectivity index (χ0v) is 9.22. The van der Waals surface area contributed by atoms with Gasteiger partial charge in [-0.05, 0) is 9.00 Å². The van der Waals surface area contributed by atoms with Gasteiger partial charge < -0.3 is 0 Å². The Balaban J connectivity index is 3.29. The van der Waals surface area contributed by atoms with Crippen molar-refractivity contribution in [2.24, 2.45) is 0 Å². The second-order valence-electron chi connectivity index (χ2n) is 1.51. The van der Waals surface area contributed by atoms with Crippen LogP contribution in [0.1, 0.15) is 0 Å². The molecule has 0 unspecified atom stereocenters. The Morgan fingerprint density at radius 1 is 0.778 bits per heavy atom. The SMILES string of the molecule is [Si]c1sc([Si])c([Si])c1[Si]. The molecule has 12 radical (unpaired) electrons. The van der Waals surface area contributed by atoms with Gasteiger partial charge in [0, 0.05) is 0 Å². The lowest BCUT2D eigenvalue weighted by atomic mass is 10.6. The van der Waals surface area contributed by atoms with Gasteiger partial charge in [-0.15, -0.1) is 0 Å². The molecule has 0 bridgehead atoms. The molecule has 0 saturated heterocycles. The summed E-state index contributed by atoms with van der Waals surface area (Å²) in [6.07, 6.45) is 0. The van der Waals surface area contributed by atoms with Gasteiger partial charge in [-0.1, -0.05) is 10.4 Å². The van der Waals surface area contributed by atoms with E-state index in [1.807, 2.05) is 0 Å². The lowest BCUT2D eigenvalue weighted by Gasteiger charge is -1.88. The van der Waals surface area contributed by atoms with E-state index in [4.69, 9.17) is 0 Å². The summed E-state index contributed by atoms with van der Waals surface area (Å²) < 4.78 is 2.17. The smallest absolute Gasteiger partial charge is 0.0862 e. The monoisotopic (exact) mass is 192 g/mol. The van der Waals surface area contributed by atoms with Crippen molar-refractivity contribution in [1.82, 2.24) is 0 Å². The fourth-order valence-electron chi connectivity index (χ4n) is 0.431. The summed E-state index contributed by atoms with van der Waals surface area (Å²) >= 11 is 1.63. The minimum Gasteiger partial charge on any atom is -0.157 e. The van der Waals surface area contributed by atoms with Crippen LogP contribution in [0.2, 0.25) is 0 Å². The molecule has 0 fully saturated rings.